The molecule has 2 fully saturated rings. The first kappa shape index (κ1) is 17.2. The van der Waals surface area contributed by atoms with Crippen molar-refractivity contribution in [3.05, 3.63) is 52.0 Å². The van der Waals surface area contributed by atoms with Crippen LogP contribution in [-0.4, -0.2) is 53.2 Å². The van der Waals surface area contributed by atoms with E-state index in [9.17, 15) is 0 Å². The Labute approximate surface area is 154 Å². The van der Waals surface area contributed by atoms with Gasteiger partial charge >= 0.3 is 0 Å². The van der Waals surface area contributed by atoms with E-state index in [1.54, 1.807) is 0 Å². The van der Waals surface area contributed by atoms with Crippen LogP contribution in [0.2, 0.25) is 0 Å². The third kappa shape index (κ3) is 3.95. The van der Waals surface area contributed by atoms with Crippen molar-refractivity contribution in [2.75, 3.05) is 26.7 Å². The second-order valence-corrected chi connectivity index (χ2v) is 8.93. The van der Waals surface area contributed by atoms with Crippen LogP contribution in [0, 0.1) is 6.92 Å². The number of ether oxygens (including phenoxy) is 1. The zero-order chi connectivity index (χ0) is 17.3. The molecule has 0 aromatic carbocycles. The molecule has 0 unspecified atom stereocenters. The summed E-state index contributed by atoms with van der Waals surface area (Å²) in [6.45, 7) is 7.20. The predicted octanol–water partition coefficient (Wildman–Crippen LogP) is 3.32. The average molecular weight is 358 g/mol. The predicted molar refractivity (Wildman–Crippen MR) is 102 cm³/mol. The Morgan fingerprint density at radius 1 is 1.36 bits per heavy atom. The molecule has 0 radical (unpaired) electrons. The van der Waals surface area contributed by atoms with Gasteiger partial charge in [0.05, 0.1) is 17.9 Å². The van der Waals surface area contributed by atoms with Crippen LogP contribution in [0.1, 0.15) is 28.3 Å². The van der Waals surface area contributed by atoms with Gasteiger partial charge in [-0.05, 0) is 51.1 Å². The quantitative estimate of drug-likeness (QED) is 0.821. The van der Waals surface area contributed by atoms with Gasteiger partial charge in [-0.3, -0.25) is 14.8 Å². The first-order valence-corrected chi connectivity index (χ1v) is 9.95. The normalized spacial score (nSPS) is 26.9. The molecule has 2 saturated heterocycles. The largest absolute Gasteiger partial charge is 0.372 e. The number of likely N-dealkylation sites (N-methyl/N-ethyl adjacent to an activating group) is 1. The van der Waals surface area contributed by atoms with Gasteiger partial charge in [-0.15, -0.1) is 11.3 Å². The summed E-state index contributed by atoms with van der Waals surface area (Å²) in [6, 6.07) is 11.1. The maximum atomic E-state index is 6.35. The van der Waals surface area contributed by atoms with E-state index in [-0.39, 0.29) is 5.60 Å². The molecule has 2 aromatic rings. The van der Waals surface area contributed by atoms with E-state index in [1.165, 1.54) is 9.75 Å². The topological polar surface area (TPSA) is 28.6 Å². The number of pyridine rings is 1. The van der Waals surface area contributed by atoms with E-state index in [4.69, 9.17) is 4.74 Å². The first-order chi connectivity index (χ1) is 12.1. The molecule has 2 aliphatic heterocycles. The van der Waals surface area contributed by atoms with Crippen LogP contribution in [0.3, 0.4) is 0 Å². The highest BCUT2D eigenvalue weighted by atomic mass is 32.1. The zero-order valence-corrected chi connectivity index (χ0v) is 16.0. The highest BCUT2D eigenvalue weighted by Crippen LogP contribution is 2.37. The second kappa shape index (κ2) is 7.16. The van der Waals surface area contributed by atoms with Crippen molar-refractivity contribution in [3.63, 3.8) is 0 Å². The molecule has 4 rings (SSSR count). The molecule has 1 spiro atoms. The van der Waals surface area contributed by atoms with Crippen molar-refractivity contribution < 1.29 is 4.74 Å². The Kier molecular flexibility index (Phi) is 4.91. The summed E-state index contributed by atoms with van der Waals surface area (Å²) in [5.41, 5.74) is 1.20. The summed E-state index contributed by atoms with van der Waals surface area (Å²) < 4.78 is 6.35. The maximum absolute atomic E-state index is 6.35. The lowest BCUT2D eigenvalue weighted by Crippen LogP contribution is -2.36. The number of likely N-dealkylation sites (tertiary alicyclic amines) is 1. The van der Waals surface area contributed by atoms with E-state index in [1.807, 2.05) is 23.6 Å². The number of hydrogen-bond acceptors (Lipinski definition) is 5. The lowest BCUT2D eigenvalue weighted by molar-refractivity contribution is 0.0103. The van der Waals surface area contributed by atoms with Crippen molar-refractivity contribution >= 4 is 11.3 Å². The molecule has 4 nitrogen and oxygen atoms in total. The Hall–Kier alpha value is -1.27. The fourth-order valence-electron chi connectivity index (χ4n) is 4.12. The number of nitrogens with zero attached hydrogens (tertiary/aromatic N) is 3. The average Bonchev–Trinajstić information content (AvgIpc) is 3.31. The van der Waals surface area contributed by atoms with Crippen molar-refractivity contribution in [1.82, 2.24) is 14.8 Å². The van der Waals surface area contributed by atoms with Gasteiger partial charge in [0.15, 0.2) is 0 Å². The van der Waals surface area contributed by atoms with Crippen LogP contribution in [0.25, 0.3) is 0 Å². The SMILES string of the molecule is Cc1ccc(CN2CC[C@]3(C[C@H](N(C)Cc4ccccn4)CO3)C2)s1. The summed E-state index contributed by atoms with van der Waals surface area (Å²) in [6.07, 6.45) is 4.17. The maximum Gasteiger partial charge on any atom is 0.0837 e. The molecular formula is C20H27N3OS. The van der Waals surface area contributed by atoms with E-state index in [0.717, 1.165) is 51.3 Å². The number of thiophene rings is 1. The smallest absolute Gasteiger partial charge is 0.0837 e. The number of aryl methyl sites for hydroxylation is 1. The molecule has 4 heterocycles. The Morgan fingerprint density at radius 3 is 3.04 bits per heavy atom. The Balaban J connectivity index is 1.32. The highest BCUT2D eigenvalue weighted by molar-refractivity contribution is 7.11. The Bertz CT molecular complexity index is 704. The summed E-state index contributed by atoms with van der Waals surface area (Å²) in [4.78, 5) is 12.3. The second-order valence-electron chi connectivity index (χ2n) is 7.56. The molecular weight excluding hydrogens is 330 g/mol. The van der Waals surface area contributed by atoms with Crippen LogP contribution in [0.5, 0.6) is 0 Å². The lowest BCUT2D eigenvalue weighted by atomic mass is 9.96. The lowest BCUT2D eigenvalue weighted by Gasteiger charge is -2.26. The van der Waals surface area contributed by atoms with Crippen LogP contribution < -0.4 is 0 Å². The third-order valence-corrected chi connectivity index (χ3v) is 6.51. The highest BCUT2D eigenvalue weighted by Gasteiger charge is 2.46. The summed E-state index contributed by atoms with van der Waals surface area (Å²) >= 11 is 1.91. The van der Waals surface area contributed by atoms with Crippen LogP contribution in [0.15, 0.2) is 36.5 Å². The van der Waals surface area contributed by atoms with E-state index < -0.39 is 0 Å². The standard InChI is InChI=1S/C20H27N3OS/c1-16-6-7-19(25-16)13-23-10-8-20(15-23)11-18(14-24-20)22(2)12-17-5-3-4-9-21-17/h3-7,9,18H,8,10-15H2,1-2H3/t18-,20-/m0/s1. The molecule has 134 valence electrons. The summed E-state index contributed by atoms with van der Waals surface area (Å²) in [5, 5.41) is 0. The van der Waals surface area contributed by atoms with Crippen LogP contribution >= 0.6 is 11.3 Å². The molecule has 2 aromatic heterocycles. The van der Waals surface area contributed by atoms with Gasteiger partial charge in [-0.2, -0.15) is 0 Å². The molecule has 25 heavy (non-hydrogen) atoms. The van der Waals surface area contributed by atoms with E-state index in [0.29, 0.717) is 6.04 Å². The fourth-order valence-corrected chi connectivity index (χ4v) is 5.05. The van der Waals surface area contributed by atoms with Gasteiger partial charge in [0, 0.05) is 48.2 Å². The summed E-state index contributed by atoms with van der Waals surface area (Å²) in [5.74, 6) is 0. The number of rotatable bonds is 5. The minimum Gasteiger partial charge on any atom is -0.372 e. The monoisotopic (exact) mass is 357 g/mol. The van der Waals surface area contributed by atoms with Crippen LogP contribution in [-0.2, 0) is 17.8 Å². The van der Waals surface area contributed by atoms with Crippen LogP contribution in [0.4, 0.5) is 0 Å². The number of hydrogen-bond donors (Lipinski definition) is 0. The van der Waals surface area contributed by atoms with Gasteiger partial charge in [-0.1, -0.05) is 6.07 Å². The van der Waals surface area contributed by atoms with Crippen molar-refractivity contribution in [2.24, 2.45) is 0 Å². The van der Waals surface area contributed by atoms with Gasteiger partial charge in [0.25, 0.3) is 0 Å². The molecule has 0 aliphatic carbocycles. The van der Waals surface area contributed by atoms with Crippen molar-refractivity contribution in [3.8, 4) is 0 Å². The van der Waals surface area contributed by atoms with E-state index >= 15 is 0 Å². The van der Waals surface area contributed by atoms with Crippen molar-refractivity contribution in [2.45, 2.75) is 44.5 Å². The number of aromatic nitrogens is 1. The first-order valence-electron chi connectivity index (χ1n) is 9.14. The van der Waals surface area contributed by atoms with Gasteiger partial charge in [-0.25, -0.2) is 0 Å². The molecule has 0 saturated carbocycles. The van der Waals surface area contributed by atoms with Gasteiger partial charge in [0.1, 0.15) is 0 Å². The molecule has 5 heteroatoms. The fraction of sp³-hybridized carbons (Fsp3) is 0.550. The van der Waals surface area contributed by atoms with Crippen molar-refractivity contribution in [1.29, 1.82) is 0 Å². The Morgan fingerprint density at radius 2 is 2.28 bits per heavy atom. The van der Waals surface area contributed by atoms with Gasteiger partial charge < -0.3 is 4.74 Å². The summed E-state index contributed by atoms with van der Waals surface area (Å²) in [7, 11) is 2.20. The third-order valence-electron chi connectivity index (χ3n) is 5.52. The minimum atomic E-state index is 0.0648. The molecule has 0 N–H and O–H groups in total. The molecule has 2 atom stereocenters. The molecule has 0 amide bonds. The van der Waals surface area contributed by atoms with E-state index in [2.05, 4.69) is 53.0 Å². The minimum absolute atomic E-state index is 0.0648. The van der Waals surface area contributed by atoms with Gasteiger partial charge in [0.2, 0.25) is 0 Å². The molecule has 0 bridgehead atoms. The molecule has 2 aliphatic rings. The zero-order valence-electron chi connectivity index (χ0n) is 15.1.